The minimum atomic E-state index is -3.49. The van der Waals surface area contributed by atoms with Crippen molar-refractivity contribution in [1.29, 1.82) is 0 Å². The molecule has 244 valence electrons. The van der Waals surface area contributed by atoms with Gasteiger partial charge in [-0.25, -0.2) is 14.4 Å². The Kier molecular flexibility index (Phi) is 10.8. The highest BCUT2D eigenvalue weighted by Crippen LogP contribution is 2.49. The highest BCUT2D eigenvalue weighted by atomic mass is 31.2. The molecule has 12 nitrogen and oxygen atoms in total. The third-order valence-corrected chi connectivity index (χ3v) is 9.26. The van der Waals surface area contributed by atoms with Crippen LogP contribution >= 0.6 is 7.60 Å². The van der Waals surface area contributed by atoms with Gasteiger partial charge in [-0.05, 0) is 48.0 Å². The van der Waals surface area contributed by atoms with E-state index in [2.05, 4.69) is 0 Å². The Balaban J connectivity index is 1.51. The third kappa shape index (κ3) is 8.11. The monoisotopic (exact) mass is 661 g/mol. The maximum absolute atomic E-state index is 13.5. The predicted octanol–water partition coefficient (Wildman–Crippen LogP) is 5.04. The van der Waals surface area contributed by atoms with Gasteiger partial charge in [-0.3, -0.25) is 13.9 Å². The Morgan fingerprint density at radius 1 is 0.723 bits per heavy atom. The zero-order chi connectivity index (χ0) is 33.4. The van der Waals surface area contributed by atoms with Gasteiger partial charge in [0.2, 0.25) is 0 Å². The molecule has 1 aliphatic heterocycles. The van der Waals surface area contributed by atoms with E-state index in [1.54, 1.807) is 91.0 Å². The number of nitrogens with zero attached hydrogens (tertiary/aromatic N) is 1. The van der Waals surface area contributed by atoms with Crippen molar-refractivity contribution in [3.63, 3.8) is 0 Å². The highest BCUT2D eigenvalue weighted by molar-refractivity contribution is 7.52. The van der Waals surface area contributed by atoms with Crippen molar-refractivity contribution in [3.8, 4) is 0 Å². The van der Waals surface area contributed by atoms with E-state index in [-0.39, 0.29) is 22.9 Å². The molecule has 1 aliphatic rings. The van der Waals surface area contributed by atoms with E-state index in [9.17, 15) is 23.7 Å². The number of rotatable bonds is 12. The summed E-state index contributed by atoms with van der Waals surface area (Å²) in [6, 6.07) is 27.2. The van der Waals surface area contributed by atoms with E-state index in [1.165, 1.54) is 32.5 Å². The van der Waals surface area contributed by atoms with Crippen molar-refractivity contribution in [1.82, 2.24) is 4.57 Å². The molecule has 4 atom stereocenters. The molecule has 0 aliphatic carbocycles. The van der Waals surface area contributed by atoms with Crippen molar-refractivity contribution in [2.45, 2.75) is 30.7 Å². The summed E-state index contributed by atoms with van der Waals surface area (Å²) >= 11 is 0. The first-order valence-corrected chi connectivity index (χ1v) is 16.3. The minimum Gasteiger partial charge on any atom is -0.459 e. The molecule has 5 rings (SSSR count). The second-order valence-electron chi connectivity index (χ2n) is 10.4. The molecule has 0 bridgehead atoms. The number of benzene rings is 3. The van der Waals surface area contributed by atoms with Gasteiger partial charge in [0.05, 0.1) is 22.9 Å². The van der Waals surface area contributed by atoms with E-state index in [1.807, 2.05) is 0 Å². The second kappa shape index (κ2) is 15.1. The summed E-state index contributed by atoms with van der Waals surface area (Å²) in [6.45, 7) is -0.409. The molecule has 0 N–H and O–H groups in total. The molecule has 0 radical (unpaired) electrons. The first kappa shape index (κ1) is 33.5. The summed E-state index contributed by atoms with van der Waals surface area (Å²) in [6.07, 6.45) is -3.99. The number of esters is 3. The Bertz CT molecular complexity index is 1790. The van der Waals surface area contributed by atoms with Crippen LogP contribution in [0.15, 0.2) is 114 Å². The fraction of sp³-hybridized carbons (Fsp3) is 0.235. The van der Waals surface area contributed by atoms with Gasteiger partial charge < -0.3 is 28.0 Å². The molecule has 1 fully saturated rings. The Labute approximate surface area is 270 Å². The van der Waals surface area contributed by atoms with Crippen LogP contribution in [0, 0.1) is 0 Å². The van der Waals surface area contributed by atoms with Gasteiger partial charge in [-0.1, -0.05) is 54.6 Å². The minimum absolute atomic E-state index is 0.177. The van der Waals surface area contributed by atoms with E-state index in [4.69, 9.17) is 28.0 Å². The van der Waals surface area contributed by atoms with Crippen LogP contribution in [0.25, 0.3) is 0 Å². The Morgan fingerprint density at radius 3 is 1.70 bits per heavy atom. The summed E-state index contributed by atoms with van der Waals surface area (Å²) in [4.78, 5) is 53.0. The lowest BCUT2D eigenvalue weighted by Gasteiger charge is -2.25. The van der Waals surface area contributed by atoms with Crippen LogP contribution in [-0.2, 0) is 38.7 Å². The summed E-state index contributed by atoms with van der Waals surface area (Å²) in [7, 11) is -1.01. The Hall–Kier alpha value is -4.87. The molecular weight excluding hydrogens is 629 g/mol. The normalized spacial score (nSPS) is 19.1. The number of pyridine rings is 1. The number of hydrogen-bond donors (Lipinski definition) is 0. The molecule has 4 aromatic rings. The van der Waals surface area contributed by atoms with Crippen molar-refractivity contribution in [2.24, 2.45) is 0 Å². The maximum atomic E-state index is 13.5. The molecule has 0 amide bonds. The summed E-state index contributed by atoms with van der Waals surface area (Å²) in [5.41, 5.74) is 0.446. The van der Waals surface area contributed by atoms with Gasteiger partial charge >= 0.3 is 25.5 Å². The summed E-state index contributed by atoms with van der Waals surface area (Å²) in [5.74, 6) is -2.18. The molecule has 47 heavy (non-hydrogen) atoms. The SMILES string of the molecule is COP(=O)(Cc1ccn([C@@H]2O[C@H](COC(=O)c3ccccc3)[C@@H](OC(=O)c3ccccc3)[C@H]2OC(=O)c2ccccc2)c(=O)c1)OC. The van der Waals surface area contributed by atoms with Gasteiger partial charge in [-0.2, -0.15) is 0 Å². The lowest BCUT2D eigenvalue weighted by Crippen LogP contribution is -2.42. The molecule has 0 unspecified atom stereocenters. The topological polar surface area (TPSA) is 146 Å². The molecule has 2 heterocycles. The van der Waals surface area contributed by atoms with E-state index >= 15 is 0 Å². The number of aromatic nitrogens is 1. The average molecular weight is 662 g/mol. The fourth-order valence-electron chi connectivity index (χ4n) is 4.95. The smallest absolute Gasteiger partial charge is 0.338 e. The standard InChI is InChI=1S/C34H32NO11P/c1-41-47(40,42-2)22-23-18-19-35(28(36)20-23)31-30(46-34(39)26-16-10-5-11-17-26)29(45-33(38)25-14-8-4-9-15-25)27(44-31)21-43-32(37)24-12-6-3-7-13-24/h3-20,27,29-31H,21-22H2,1-2H3/t27-,29-,30-,31-/m1/s1. The van der Waals surface area contributed by atoms with E-state index in [0.29, 0.717) is 5.56 Å². The van der Waals surface area contributed by atoms with E-state index < -0.39 is 62.2 Å². The number of carbonyl (C=O) groups is 3. The molecule has 0 saturated carbocycles. The summed E-state index contributed by atoms with van der Waals surface area (Å²) < 4.78 is 47.4. The van der Waals surface area contributed by atoms with Crippen LogP contribution in [0.3, 0.4) is 0 Å². The maximum Gasteiger partial charge on any atom is 0.338 e. The van der Waals surface area contributed by atoms with Gasteiger partial charge in [0, 0.05) is 26.5 Å². The highest BCUT2D eigenvalue weighted by Gasteiger charge is 2.51. The first-order valence-electron chi connectivity index (χ1n) is 14.5. The summed E-state index contributed by atoms with van der Waals surface area (Å²) in [5, 5.41) is 0. The number of carbonyl (C=O) groups excluding carboxylic acids is 3. The molecule has 3 aromatic carbocycles. The molecule has 1 saturated heterocycles. The van der Waals surface area contributed by atoms with Crippen molar-refractivity contribution in [2.75, 3.05) is 20.8 Å². The van der Waals surface area contributed by atoms with Crippen LogP contribution in [-0.4, -0.2) is 61.6 Å². The predicted molar refractivity (Wildman–Crippen MR) is 168 cm³/mol. The zero-order valence-electron chi connectivity index (χ0n) is 25.5. The van der Waals surface area contributed by atoms with Gasteiger partial charge in [0.1, 0.15) is 12.7 Å². The van der Waals surface area contributed by atoms with Crippen LogP contribution in [0.4, 0.5) is 0 Å². The van der Waals surface area contributed by atoms with Gasteiger partial charge in [0.15, 0.2) is 18.4 Å². The van der Waals surface area contributed by atoms with Crippen LogP contribution in [0.2, 0.25) is 0 Å². The number of hydrogen-bond acceptors (Lipinski definition) is 11. The largest absolute Gasteiger partial charge is 0.459 e. The molecule has 0 spiro atoms. The van der Waals surface area contributed by atoms with Crippen molar-refractivity contribution < 1.29 is 46.9 Å². The fourth-order valence-corrected chi connectivity index (χ4v) is 6.00. The van der Waals surface area contributed by atoms with Gasteiger partial charge in [0.25, 0.3) is 5.56 Å². The number of ether oxygens (including phenoxy) is 4. The van der Waals surface area contributed by atoms with Crippen LogP contribution in [0.1, 0.15) is 42.9 Å². The first-order chi connectivity index (χ1) is 22.7. The van der Waals surface area contributed by atoms with Crippen LogP contribution < -0.4 is 5.56 Å². The average Bonchev–Trinajstić information content (AvgIpc) is 3.43. The lowest BCUT2D eigenvalue weighted by atomic mass is 10.1. The molecule has 1 aromatic heterocycles. The van der Waals surface area contributed by atoms with E-state index in [0.717, 1.165) is 4.57 Å². The third-order valence-electron chi connectivity index (χ3n) is 7.40. The quantitative estimate of drug-likeness (QED) is 0.114. The Morgan fingerprint density at radius 2 is 1.21 bits per heavy atom. The van der Waals surface area contributed by atoms with Crippen LogP contribution in [0.5, 0.6) is 0 Å². The zero-order valence-corrected chi connectivity index (χ0v) is 26.4. The lowest BCUT2D eigenvalue weighted by molar-refractivity contribution is -0.0634. The van der Waals surface area contributed by atoms with Gasteiger partial charge in [-0.15, -0.1) is 0 Å². The second-order valence-corrected chi connectivity index (χ2v) is 12.7. The van der Waals surface area contributed by atoms with Crippen molar-refractivity contribution in [3.05, 3.63) is 142 Å². The molecule has 13 heteroatoms. The van der Waals surface area contributed by atoms with Crippen molar-refractivity contribution >= 4 is 25.5 Å². The molecular formula is C34H32NO11P.